The van der Waals surface area contributed by atoms with Gasteiger partial charge in [0.2, 0.25) is 0 Å². The number of likely N-dealkylation sites (N-methyl/N-ethyl adjacent to an activating group) is 1. The number of rotatable bonds is 4. The molecule has 2 N–H and O–H groups in total. The molecule has 3 nitrogen and oxygen atoms in total. The second-order valence-corrected chi connectivity index (χ2v) is 6.65. The molecule has 2 fully saturated rings. The Kier molecular flexibility index (Phi) is 5.27. The molecule has 2 rings (SSSR count). The molecule has 1 saturated heterocycles. The van der Waals surface area contributed by atoms with E-state index in [9.17, 15) is 0 Å². The Morgan fingerprint density at radius 1 is 1.16 bits per heavy atom. The average molecular weight is 267 g/mol. The van der Waals surface area contributed by atoms with Crippen molar-refractivity contribution in [2.45, 2.75) is 64.0 Å². The summed E-state index contributed by atoms with van der Waals surface area (Å²) >= 11 is 0. The van der Waals surface area contributed by atoms with Gasteiger partial charge in [-0.05, 0) is 32.2 Å². The van der Waals surface area contributed by atoms with Crippen LogP contribution >= 0.6 is 0 Å². The Morgan fingerprint density at radius 2 is 1.95 bits per heavy atom. The van der Waals surface area contributed by atoms with Crippen molar-refractivity contribution in [2.75, 3.05) is 33.2 Å². The number of hydrogen-bond acceptors (Lipinski definition) is 3. The summed E-state index contributed by atoms with van der Waals surface area (Å²) in [6, 6.07) is 0.719. The van der Waals surface area contributed by atoms with Gasteiger partial charge in [0.05, 0.1) is 0 Å². The third-order valence-corrected chi connectivity index (χ3v) is 5.90. The van der Waals surface area contributed by atoms with Gasteiger partial charge in [0.25, 0.3) is 0 Å². The van der Waals surface area contributed by atoms with Crippen LogP contribution in [0.1, 0.15) is 52.4 Å². The number of piperazine rings is 1. The van der Waals surface area contributed by atoms with E-state index in [0.29, 0.717) is 5.54 Å². The molecular weight excluding hydrogens is 234 g/mol. The van der Waals surface area contributed by atoms with E-state index < -0.39 is 0 Å². The summed E-state index contributed by atoms with van der Waals surface area (Å²) in [6.07, 6.45) is 8.03. The molecule has 0 bridgehead atoms. The van der Waals surface area contributed by atoms with Crippen LogP contribution in [0.15, 0.2) is 0 Å². The highest BCUT2D eigenvalue weighted by molar-refractivity contribution is 5.01. The minimum absolute atomic E-state index is 0.307. The van der Waals surface area contributed by atoms with E-state index >= 15 is 0 Å². The Hall–Kier alpha value is -0.120. The van der Waals surface area contributed by atoms with Crippen LogP contribution < -0.4 is 5.73 Å². The zero-order valence-electron chi connectivity index (χ0n) is 13.2. The van der Waals surface area contributed by atoms with Crippen LogP contribution in [0.4, 0.5) is 0 Å². The second-order valence-electron chi connectivity index (χ2n) is 6.65. The molecule has 3 heteroatoms. The Morgan fingerprint density at radius 3 is 2.58 bits per heavy atom. The zero-order chi connectivity index (χ0) is 13.9. The Balaban J connectivity index is 2.15. The molecule has 3 atom stereocenters. The van der Waals surface area contributed by atoms with Crippen LogP contribution in [0.3, 0.4) is 0 Å². The third kappa shape index (κ3) is 2.84. The van der Waals surface area contributed by atoms with E-state index in [4.69, 9.17) is 5.73 Å². The second kappa shape index (κ2) is 6.55. The molecule has 1 aliphatic heterocycles. The SMILES string of the molecule is CCC1CN(C2(CN)CCCCC2CC)CCN1C. The van der Waals surface area contributed by atoms with Crippen LogP contribution in [0, 0.1) is 5.92 Å². The van der Waals surface area contributed by atoms with Gasteiger partial charge in [0, 0.05) is 37.8 Å². The first-order valence-corrected chi connectivity index (χ1v) is 8.33. The van der Waals surface area contributed by atoms with Crippen molar-refractivity contribution >= 4 is 0 Å². The van der Waals surface area contributed by atoms with Crippen molar-refractivity contribution < 1.29 is 0 Å². The van der Waals surface area contributed by atoms with Crippen molar-refractivity contribution in [3.05, 3.63) is 0 Å². The maximum Gasteiger partial charge on any atom is 0.0360 e. The molecule has 19 heavy (non-hydrogen) atoms. The van der Waals surface area contributed by atoms with Crippen LogP contribution in [-0.2, 0) is 0 Å². The molecule has 1 heterocycles. The lowest BCUT2D eigenvalue weighted by Crippen LogP contribution is -2.65. The molecule has 0 spiro atoms. The highest BCUT2D eigenvalue weighted by Crippen LogP contribution is 2.40. The maximum atomic E-state index is 6.30. The first-order chi connectivity index (χ1) is 9.17. The predicted molar refractivity (Wildman–Crippen MR) is 82.3 cm³/mol. The fourth-order valence-electron chi connectivity index (χ4n) is 4.48. The fraction of sp³-hybridized carbons (Fsp3) is 1.00. The fourth-order valence-corrected chi connectivity index (χ4v) is 4.48. The largest absolute Gasteiger partial charge is 0.329 e. The molecule has 112 valence electrons. The minimum Gasteiger partial charge on any atom is -0.329 e. The number of nitrogens with two attached hydrogens (primary N) is 1. The highest BCUT2D eigenvalue weighted by Gasteiger charge is 2.45. The first-order valence-electron chi connectivity index (χ1n) is 8.33. The van der Waals surface area contributed by atoms with Crippen LogP contribution in [0.5, 0.6) is 0 Å². The summed E-state index contributed by atoms with van der Waals surface area (Å²) in [5, 5.41) is 0. The van der Waals surface area contributed by atoms with Crippen LogP contribution in [0.2, 0.25) is 0 Å². The molecule has 0 aromatic carbocycles. The lowest BCUT2D eigenvalue weighted by molar-refractivity contribution is -0.0410. The van der Waals surface area contributed by atoms with Crippen molar-refractivity contribution in [2.24, 2.45) is 11.7 Å². The predicted octanol–water partition coefficient (Wildman–Crippen LogP) is 2.31. The van der Waals surface area contributed by atoms with Crippen molar-refractivity contribution in [3.63, 3.8) is 0 Å². The molecule has 0 radical (unpaired) electrons. The molecule has 2 aliphatic rings. The molecule has 1 aliphatic carbocycles. The summed E-state index contributed by atoms with van der Waals surface area (Å²) in [6.45, 7) is 9.16. The Bertz CT molecular complexity index is 281. The molecule has 1 saturated carbocycles. The van der Waals surface area contributed by atoms with Crippen LogP contribution in [0.25, 0.3) is 0 Å². The lowest BCUT2D eigenvalue weighted by Gasteiger charge is -2.55. The molecule has 3 unspecified atom stereocenters. The van der Waals surface area contributed by atoms with Gasteiger partial charge >= 0.3 is 0 Å². The summed E-state index contributed by atoms with van der Waals surface area (Å²) < 4.78 is 0. The average Bonchev–Trinajstić information content (AvgIpc) is 2.47. The number of nitrogens with zero attached hydrogens (tertiary/aromatic N) is 2. The van der Waals surface area contributed by atoms with Crippen molar-refractivity contribution in [1.82, 2.24) is 9.80 Å². The van der Waals surface area contributed by atoms with E-state index in [1.165, 1.54) is 58.2 Å². The normalized spacial score (nSPS) is 38.5. The van der Waals surface area contributed by atoms with Gasteiger partial charge < -0.3 is 10.6 Å². The monoisotopic (exact) mass is 267 g/mol. The minimum atomic E-state index is 0.307. The first kappa shape index (κ1) is 15.3. The highest BCUT2D eigenvalue weighted by atomic mass is 15.3. The standard InChI is InChI=1S/C16H33N3/c1-4-14-8-6-7-9-16(14,13-17)19-11-10-18(3)15(5-2)12-19/h14-15H,4-13,17H2,1-3H3. The summed E-state index contributed by atoms with van der Waals surface area (Å²) in [5.74, 6) is 0.812. The van der Waals surface area contributed by atoms with E-state index in [0.717, 1.165) is 18.5 Å². The molecule has 0 aromatic rings. The van der Waals surface area contributed by atoms with Gasteiger partial charge in [0.1, 0.15) is 0 Å². The van der Waals surface area contributed by atoms with E-state index in [-0.39, 0.29) is 0 Å². The smallest absolute Gasteiger partial charge is 0.0360 e. The molecule has 0 aromatic heterocycles. The van der Waals surface area contributed by atoms with Gasteiger partial charge in [-0.3, -0.25) is 4.90 Å². The maximum absolute atomic E-state index is 6.30. The van der Waals surface area contributed by atoms with E-state index in [2.05, 4.69) is 30.7 Å². The lowest BCUT2D eigenvalue weighted by atomic mass is 9.70. The topological polar surface area (TPSA) is 32.5 Å². The third-order valence-electron chi connectivity index (χ3n) is 5.90. The van der Waals surface area contributed by atoms with Gasteiger partial charge in [-0.1, -0.05) is 33.1 Å². The number of hydrogen-bond donors (Lipinski definition) is 1. The van der Waals surface area contributed by atoms with Gasteiger partial charge in [0.15, 0.2) is 0 Å². The zero-order valence-corrected chi connectivity index (χ0v) is 13.2. The summed E-state index contributed by atoms with van der Waals surface area (Å²) in [7, 11) is 2.28. The quantitative estimate of drug-likeness (QED) is 0.848. The molecule has 0 amide bonds. The summed E-state index contributed by atoms with van der Waals surface area (Å²) in [4.78, 5) is 5.30. The van der Waals surface area contributed by atoms with Gasteiger partial charge in [-0.25, -0.2) is 0 Å². The van der Waals surface area contributed by atoms with E-state index in [1.54, 1.807) is 0 Å². The van der Waals surface area contributed by atoms with Crippen LogP contribution in [-0.4, -0.2) is 54.6 Å². The van der Waals surface area contributed by atoms with Crippen molar-refractivity contribution in [1.29, 1.82) is 0 Å². The molecular formula is C16H33N3. The Labute approximate surface area is 119 Å². The van der Waals surface area contributed by atoms with Crippen molar-refractivity contribution in [3.8, 4) is 0 Å². The van der Waals surface area contributed by atoms with Gasteiger partial charge in [-0.2, -0.15) is 0 Å². The summed E-state index contributed by atoms with van der Waals surface area (Å²) in [5.41, 5.74) is 6.61. The van der Waals surface area contributed by atoms with Gasteiger partial charge in [-0.15, -0.1) is 0 Å². The van der Waals surface area contributed by atoms with E-state index in [1.807, 2.05) is 0 Å².